The highest BCUT2D eigenvalue weighted by Crippen LogP contribution is 2.36. The first-order chi connectivity index (χ1) is 12.2. The third-order valence-corrected chi connectivity index (χ3v) is 4.61. The topological polar surface area (TPSA) is 123 Å². The molecule has 0 atom stereocenters. The van der Waals surface area contributed by atoms with Gasteiger partial charge in [-0.2, -0.15) is 0 Å². The number of amides is 1. The van der Waals surface area contributed by atoms with E-state index in [4.69, 9.17) is 0 Å². The van der Waals surface area contributed by atoms with Crippen molar-refractivity contribution in [3.05, 3.63) is 35.5 Å². The monoisotopic (exact) mass is 342 g/mol. The highest BCUT2D eigenvalue weighted by Gasteiger charge is 2.35. The van der Waals surface area contributed by atoms with Gasteiger partial charge in [0.05, 0.1) is 0 Å². The molecule has 4 rings (SSSR count). The van der Waals surface area contributed by atoms with Crippen molar-refractivity contribution in [1.82, 2.24) is 40.1 Å². The summed E-state index contributed by atoms with van der Waals surface area (Å²) in [5, 5.41) is 31.7. The molecule has 1 saturated carbocycles. The molecule has 0 aromatic carbocycles. The van der Waals surface area contributed by atoms with E-state index in [0.717, 1.165) is 25.2 Å². The summed E-state index contributed by atoms with van der Waals surface area (Å²) in [5.74, 6) is 1.58. The zero-order valence-corrected chi connectivity index (χ0v) is 13.7. The Morgan fingerprint density at radius 1 is 1.36 bits per heavy atom. The second-order valence-electron chi connectivity index (χ2n) is 6.11. The molecular formula is C15H18N8O2. The Kier molecular flexibility index (Phi) is 3.88. The van der Waals surface area contributed by atoms with Crippen molar-refractivity contribution in [2.24, 2.45) is 0 Å². The zero-order chi connectivity index (χ0) is 17.4. The number of rotatable bonds is 5. The first-order valence-electron chi connectivity index (χ1n) is 8.21. The average molecular weight is 342 g/mol. The van der Waals surface area contributed by atoms with Crippen LogP contribution in [0.4, 0.5) is 0 Å². The highest BCUT2D eigenvalue weighted by atomic mass is 16.3. The quantitative estimate of drug-likeness (QED) is 0.664. The number of carbonyl (C=O) groups is 1. The van der Waals surface area contributed by atoms with Gasteiger partial charge in [-0.15, -0.1) is 15.3 Å². The Morgan fingerprint density at radius 3 is 2.96 bits per heavy atom. The van der Waals surface area contributed by atoms with Gasteiger partial charge in [0, 0.05) is 30.3 Å². The number of hydrogen-bond acceptors (Lipinski definition) is 7. The molecule has 130 valence electrons. The number of aliphatic hydroxyl groups is 1. The van der Waals surface area contributed by atoms with Crippen LogP contribution in [0.3, 0.4) is 0 Å². The van der Waals surface area contributed by atoms with Crippen LogP contribution < -0.4 is 5.32 Å². The van der Waals surface area contributed by atoms with Gasteiger partial charge in [-0.1, -0.05) is 0 Å². The molecule has 0 aliphatic heterocycles. The van der Waals surface area contributed by atoms with E-state index in [9.17, 15) is 9.90 Å². The summed E-state index contributed by atoms with van der Waals surface area (Å²) in [6, 6.07) is 3.45. The summed E-state index contributed by atoms with van der Waals surface area (Å²) in [7, 11) is 0. The summed E-state index contributed by atoms with van der Waals surface area (Å²) in [6.07, 6.45) is 3.28. The molecule has 10 nitrogen and oxygen atoms in total. The van der Waals surface area contributed by atoms with Crippen molar-refractivity contribution >= 4 is 11.6 Å². The lowest BCUT2D eigenvalue weighted by Crippen LogP contribution is -2.44. The molecule has 1 aliphatic rings. The van der Waals surface area contributed by atoms with Gasteiger partial charge in [-0.05, 0) is 42.3 Å². The molecule has 0 spiro atoms. The molecule has 2 N–H and O–H groups in total. The fourth-order valence-corrected chi connectivity index (χ4v) is 3.21. The molecule has 1 fully saturated rings. The lowest BCUT2D eigenvalue weighted by Gasteiger charge is -2.35. The van der Waals surface area contributed by atoms with Crippen LogP contribution in [0.5, 0.6) is 0 Å². The average Bonchev–Trinajstić information content (AvgIpc) is 3.22. The lowest BCUT2D eigenvalue weighted by molar-refractivity contribution is 0.0906. The van der Waals surface area contributed by atoms with E-state index < -0.39 is 0 Å². The number of hydrogen-bond donors (Lipinski definition) is 2. The summed E-state index contributed by atoms with van der Waals surface area (Å²) in [6.45, 7) is 2.60. The van der Waals surface area contributed by atoms with Crippen molar-refractivity contribution < 1.29 is 9.90 Å². The number of fused-ring (bicyclic) bond motifs is 1. The largest absolute Gasteiger partial charge is 0.388 e. The fourth-order valence-electron chi connectivity index (χ4n) is 3.21. The summed E-state index contributed by atoms with van der Waals surface area (Å²) in [5.41, 5.74) is 1.07. The molecule has 0 saturated heterocycles. The maximum Gasteiger partial charge on any atom is 0.251 e. The SMILES string of the molecule is CCn1c(CO)nnc1C1CC(NC(=O)c2ccn3nnnc3c2)C1. The molecule has 0 radical (unpaired) electrons. The van der Waals surface area contributed by atoms with E-state index in [-0.39, 0.29) is 24.5 Å². The Hall–Kier alpha value is -2.88. The standard InChI is InChI=1S/C15H18N8O2/c1-2-22-13(8-24)17-19-14(22)10-5-11(6-10)16-15(25)9-3-4-23-12(7-9)18-20-21-23/h3-4,7,10-11,24H,2,5-6,8H2,1H3,(H,16,25). The number of nitrogens with zero attached hydrogens (tertiary/aromatic N) is 7. The smallest absolute Gasteiger partial charge is 0.251 e. The van der Waals surface area contributed by atoms with Crippen LogP contribution in [0, 0.1) is 0 Å². The number of nitrogens with one attached hydrogen (secondary N) is 1. The molecule has 3 heterocycles. The minimum absolute atomic E-state index is 0.101. The Labute approximate surface area is 142 Å². The van der Waals surface area contributed by atoms with Gasteiger partial charge in [-0.25, -0.2) is 4.52 Å². The number of aromatic nitrogens is 7. The lowest BCUT2D eigenvalue weighted by atomic mass is 9.79. The van der Waals surface area contributed by atoms with Crippen LogP contribution in [-0.4, -0.2) is 51.9 Å². The summed E-state index contributed by atoms with van der Waals surface area (Å²) in [4.78, 5) is 12.4. The van der Waals surface area contributed by atoms with E-state index >= 15 is 0 Å². The predicted octanol–water partition coefficient (Wildman–Crippen LogP) is -0.0960. The molecule has 0 bridgehead atoms. The van der Waals surface area contributed by atoms with Gasteiger partial charge in [0.25, 0.3) is 5.91 Å². The van der Waals surface area contributed by atoms with Gasteiger partial charge in [0.1, 0.15) is 12.4 Å². The molecule has 1 aliphatic carbocycles. The molecule has 25 heavy (non-hydrogen) atoms. The normalized spacial score (nSPS) is 19.8. The van der Waals surface area contributed by atoms with Gasteiger partial charge in [-0.3, -0.25) is 4.79 Å². The number of tetrazole rings is 1. The van der Waals surface area contributed by atoms with E-state index in [0.29, 0.717) is 17.0 Å². The summed E-state index contributed by atoms with van der Waals surface area (Å²) >= 11 is 0. The van der Waals surface area contributed by atoms with Gasteiger partial charge >= 0.3 is 0 Å². The van der Waals surface area contributed by atoms with Crippen LogP contribution in [0.15, 0.2) is 18.3 Å². The van der Waals surface area contributed by atoms with E-state index in [2.05, 4.69) is 31.0 Å². The van der Waals surface area contributed by atoms with Gasteiger partial charge < -0.3 is 15.0 Å². The molecule has 3 aromatic rings. The third kappa shape index (κ3) is 2.74. The van der Waals surface area contributed by atoms with E-state index in [1.54, 1.807) is 18.3 Å². The Balaban J connectivity index is 1.39. The van der Waals surface area contributed by atoms with Crippen LogP contribution in [0.1, 0.15) is 47.7 Å². The molecule has 3 aromatic heterocycles. The predicted molar refractivity (Wildman–Crippen MR) is 85.6 cm³/mol. The first kappa shape index (κ1) is 15.6. The summed E-state index contributed by atoms with van der Waals surface area (Å²) < 4.78 is 3.45. The minimum atomic E-state index is -0.137. The number of pyridine rings is 1. The van der Waals surface area contributed by atoms with Crippen molar-refractivity contribution in [3.8, 4) is 0 Å². The van der Waals surface area contributed by atoms with Crippen LogP contribution >= 0.6 is 0 Å². The fraction of sp³-hybridized carbons (Fsp3) is 0.467. The second kappa shape index (κ2) is 6.20. The van der Waals surface area contributed by atoms with Gasteiger partial charge in [0.15, 0.2) is 11.5 Å². The molecule has 1 amide bonds. The van der Waals surface area contributed by atoms with Crippen LogP contribution in [0.25, 0.3) is 5.65 Å². The minimum Gasteiger partial charge on any atom is -0.388 e. The van der Waals surface area contributed by atoms with Crippen LogP contribution in [0.2, 0.25) is 0 Å². The number of aliphatic hydroxyl groups excluding tert-OH is 1. The maximum atomic E-state index is 12.4. The van der Waals surface area contributed by atoms with E-state index in [1.807, 2.05) is 11.5 Å². The highest BCUT2D eigenvalue weighted by molar-refractivity contribution is 5.95. The number of carbonyl (C=O) groups excluding carboxylic acids is 1. The van der Waals surface area contributed by atoms with Crippen LogP contribution in [-0.2, 0) is 13.2 Å². The van der Waals surface area contributed by atoms with Gasteiger partial charge in [0.2, 0.25) is 0 Å². The van der Waals surface area contributed by atoms with Crippen molar-refractivity contribution in [2.75, 3.05) is 0 Å². The second-order valence-corrected chi connectivity index (χ2v) is 6.11. The zero-order valence-electron chi connectivity index (χ0n) is 13.7. The molecule has 0 unspecified atom stereocenters. The first-order valence-corrected chi connectivity index (χ1v) is 8.21. The van der Waals surface area contributed by atoms with Crippen molar-refractivity contribution in [1.29, 1.82) is 0 Å². The van der Waals surface area contributed by atoms with Crippen molar-refractivity contribution in [2.45, 2.75) is 44.9 Å². The third-order valence-electron chi connectivity index (χ3n) is 4.61. The Bertz CT molecular complexity index is 911. The molecular weight excluding hydrogens is 324 g/mol. The Morgan fingerprint density at radius 2 is 2.20 bits per heavy atom. The van der Waals surface area contributed by atoms with Crippen molar-refractivity contribution in [3.63, 3.8) is 0 Å². The van der Waals surface area contributed by atoms with E-state index in [1.165, 1.54) is 4.52 Å². The maximum absolute atomic E-state index is 12.4. The molecule has 10 heteroatoms.